The first kappa shape index (κ1) is 13.3. The van der Waals surface area contributed by atoms with Crippen LogP contribution >= 0.6 is 11.3 Å². The summed E-state index contributed by atoms with van der Waals surface area (Å²) >= 11 is 1.85. The molecule has 1 atom stereocenters. The monoisotopic (exact) mass is 259 g/mol. The molecule has 96 valence electrons. The molecule has 1 nitrogen and oxygen atoms in total. The Kier molecular flexibility index (Phi) is 4.97. The minimum atomic E-state index is 0.435. The van der Waals surface area contributed by atoms with Crippen LogP contribution in [0, 0.1) is 6.92 Å². The van der Waals surface area contributed by atoms with Gasteiger partial charge in [-0.05, 0) is 42.5 Å². The molecule has 0 aliphatic heterocycles. The van der Waals surface area contributed by atoms with Gasteiger partial charge in [0.15, 0.2) is 0 Å². The number of nitrogens with one attached hydrogen (secondary N) is 1. The highest BCUT2D eigenvalue weighted by molar-refractivity contribution is 7.09. The van der Waals surface area contributed by atoms with Gasteiger partial charge in [0, 0.05) is 17.3 Å². The first-order valence-electron chi connectivity index (χ1n) is 6.62. The van der Waals surface area contributed by atoms with Crippen molar-refractivity contribution < 1.29 is 0 Å². The number of hydrogen-bond donors (Lipinski definition) is 1. The minimum Gasteiger partial charge on any atom is -0.310 e. The largest absolute Gasteiger partial charge is 0.310 e. The third-order valence-corrected chi connectivity index (χ3v) is 4.09. The summed E-state index contributed by atoms with van der Waals surface area (Å²) in [6, 6.07) is 13.5. The summed E-state index contributed by atoms with van der Waals surface area (Å²) in [6.45, 7) is 5.49. The maximum absolute atomic E-state index is 3.67. The Bertz CT molecular complexity index is 462. The number of hydrogen-bond acceptors (Lipinski definition) is 2. The zero-order chi connectivity index (χ0) is 12.8. The van der Waals surface area contributed by atoms with Crippen LogP contribution in [0.3, 0.4) is 0 Å². The molecule has 2 rings (SSSR count). The van der Waals surface area contributed by atoms with Crippen LogP contribution in [0.15, 0.2) is 41.8 Å². The molecule has 0 aliphatic rings. The molecule has 0 fully saturated rings. The van der Waals surface area contributed by atoms with Crippen molar-refractivity contribution in [2.24, 2.45) is 0 Å². The summed E-state index contributed by atoms with van der Waals surface area (Å²) in [6.07, 6.45) is 2.26. The molecule has 1 heterocycles. The Hall–Kier alpha value is -1.12. The molecule has 0 saturated carbocycles. The number of benzene rings is 1. The molecule has 0 amide bonds. The van der Waals surface area contributed by atoms with E-state index in [1.54, 1.807) is 0 Å². The molecular weight excluding hydrogens is 238 g/mol. The fraction of sp³-hybridized carbons (Fsp3) is 0.375. The van der Waals surface area contributed by atoms with Crippen LogP contribution in [0.5, 0.6) is 0 Å². The molecule has 2 heteroatoms. The van der Waals surface area contributed by atoms with Crippen LogP contribution in [0.2, 0.25) is 0 Å². The summed E-state index contributed by atoms with van der Waals surface area (Å²) in [7, 11) is 0. The van der Waals surface area contributed by atoms with E-state index < -0.39 is 0 Å². The lowest BCUT2D eigenvalue weighted by atomic mass is 9.98. The van der Waals surface area contributed by atoms with Crippen LogP contribution in [0.4, 0.5) is 0 Å². The Labute approximate surface area is 114 Å². The van der Waals surface area contributed by atoms with Crippen molar-refractivity contribution in [1.29, 1.82) is 0 Å². The van der Waals surface area contributed by atoms with E-state index in [-0.39, 0.29) is 0 Å². The Balaban J connectivity index is 2.16. The molecule has 2 aromatic rings. The van der Waals surface area contributed by atoms with Crippen LogP contribution in [0.1, 0.15) is 35.4 Å². The highest BCUT2D eigenvalue weighted by Gasteiger charge is 2.13. The molecule has 1 aromatic heterocycles. The van der Waals surface area contributed by atoms with E-state index in [0.717, 1.165) is 13.0 Å². The van der Waals surface area contributed by atoms with Crippen molar-refractivity contribution in [3.63, 3.8) is 0 Å². The maximum Gasteiger partial charge on any atom is 0.0371 e. The van der Waals surface area contributed by atoms with Crippen LogP contribution < -0.4 is 5.32 Å². The van der Waals surface area contributed by atoms with Gasteiger partial charge in [0.25, 0.3) is 0 Å². The van der Waals surface area contributed by atoms with Crippen molar-refractivity contribution >= 4 is 11.3 Å². The van der Waals surface area contributed by atoms with E-state index in [4.69, 9.17) is 0 Å². The van der Waals surface area contributed by atoms with Crippen molar-refractivity contribution in [3.05, 3.63) is 57.8 Å². The number of thiophene rings is 1. The summed E-state index contributed by atoms with van der Waals surface area (Å²) < 4.78 is 0. The van der Waals surface area contributed by atoms with Gasteiger partial charge in [0.1, 0.15) is 0 Å². The topological polar surface area (TPSA) is 12.0 Å². The lowest BCUT2D eigenvalue weighted by Gasteiger charge is -2.20. The first-order chi connectivity index (χ1) is 8.81. The third kappa shape index (κ3) is 3.44. The lowest BCUT2D eigenvalue weighted by Crippen LogP contribution is -2.24. The number of rotatable bonds is 6. The van der Waals surface area contributed by atoms with Gasteiger partial charge in [0.05, 0.1) is 0 Å². The van der Waals surface area contributed by atoms with E-state index in [1.807, 2.05) is 11.3 Å². The van der Waals surface area contributed by atoms with E-state index in [9.17, 15) is 0 Å². The number of aryl methyl sites for hydroxylation is 1. The van der Waals surface area contributed by atoms with Crippen molar-refractivity contribution in [1.82, 2.24) is 5.32 Å². The average Bonchev–Trinajstić information content (AvgIpc) is 2.88. The first-order valence-corrected chi connectivity index (χ1v) is 7.50. The van der Waals surface area contributed by atoms with Gasteiger partial charge in [-0.15, -0.1) is 11.3 Å². The SMILES string of the molecule is CCCNC(Cc1cccs1)c1ccccc1C. The molecule has 0 radical (unpaired) electrons. The van der Waals surface area contributed by atoms with Crippen molar-refractivity contribution in [3.8, 4) is 0 Å². The van der Waals surface area contributed by atoms with Gasteiger partial charge in [-0.1, -0.05) is 37.3 Å². The summed E-state index contributed by atoms with van der Waals surface area (Å²) in [5.74, 6) is 0. The second kappa shape index (κ2) is 6.72. The summed E-state index contributed by atoms with van der Waals surface area (Å²) in [5, 5.41) is 5.83. The van der Waals surface area contributed by atoms with Gasteiger partial charge in [-0.3, -0.25) is 0 Å². The minimum absolute atomic E-state index is 0.435. The van der Waals surface area contributed by atoms with Crippen LogP contribution in [0.25, 0.3) is 0 Å². The van der Waals surface area contributed by atoms with Crippen molar-refractivity contribution in [2.75, 3.05) is 6.54 Å². The Morgan fingerprint density at radius 3 is 2.67 bits per heavy atom. The molecule has 0 spiro atoms. The lowest BCUT2D eigenvalue weighted by molar-refractivity contribution is 0.530. The van der Waals surface area contributed by atoms with E-state index in [0.29, 0.717) is 6.04 Å². The zero-order valence-electron chi connectivity index (χ0n) is 11.1. The molecule has 0 bridgehead atoms. The fourth-order valence-corrected chi connectivity index (χ4v) is 2.97. The molecule has 1 unspecified atom stereocenters. The third-order valence-electron chi connectivity index (χ3n) is 3.19. The van der Waals surface area contributed by atoms with E-state index in [2.05, 4.69) is 60.9 Å². The average molecular weight is 259 g/mol. The van der Waals surface area contributed by atoms with Gasteiger partial charge in [-0.25, -0.2) is 0 Å². The van der Waals surface area contributed by atoms with Gasteiger partial charge in [-0.2, -0.15) is 0 Å². The second-order valence-electron chi connectivity index (χ2n) is 4.65. The second-order valence-corrected chi connectivity index (χ2v) is 5.68. The zero-order valence-corrected chi connectivity index (χ0v) is 12.0. The standard InChI is InChI=1S/C16H21NS/c1-3-10-17-16(12-14-8-6-11-18-14)15-9-5-4-7-13(15)2/h4-9,11,16-17H,3,10,12H2,1-2H3. The van der Waals surface area contributed by atoms with E-state index in [1.165, 1.54) is 22.4 Å². The molecular formula is C16H21NS. The molecule has 0 saturated heterocycles. The maximum atomic E-state index is 3.67. The Morgan fingerprint density at radius 1 is 1.17 bits per heavy atom. The van der Waals surface area contributed by atoms with Gasteiger partial charge in [0.2, 0.25) is 0 Å². The Morgan fingerprint density at radius 2 is 2.00 bits per heavy atom. The summed E-state index contributed by atoms with van der Waals surface area (Å²) in [4.78, 5) is 1.45. The quantitative estimate of drug-likeness (QED) is 0.813. The normalized spacial score (nSPS) is 12.6. The van der Waals surface area contributed by atoms with Crippen LogP contribution in [-0.2, 0) is 6.42 Å². The van der Waals surface area contributed by atoms with E-state index >= 15 is 0 Å². The predicted octanol–water partition coefficient (Wildman–Crippen LogP) is 4.34. The molecule has 18 heavy (non-hydrogen) atoms. The molecule has 1 aromatic carbocycles. The van der Waals surface area contributed by atoms with Crippen LogP contribution in [-0.4, -0.2) is 6.54 Å². The highest BCUT2D eigenvalue weighted by Crippen LogP contribution is 2.23. The predicted molar refractivity (Wildman–Crippen MR) is 80.2 cm³/mol. The fourth-order valence-electron chi connectivity index (χ4n) is 2.22. The highest BCUT2D eigenvalue weighted by atomic mass is 32.1. The van der Waals surface area contributed by atoms with Gasteiger partial charge < -0.3 is 5.32 Å². The van der Waals surface area contributed by atoms with Gasteiger partial charge >= 0.3 is 0 Å². The smallest absolute Gasteiger partial charge is 0.0371 e. The summed E-state index contributed by atoms with van der Waals surface area (Å²) in [5.41, 5.74) is 2.81. The molecule has 0 aliphatic carbocycles. The van der Waals surface area contributed by atoms with Crippen molar-refractivity contribution in [2.45, 2.75) is 32.7 Å². The molecule has 1 N–H and O–H groups in total.